The van der Waals surface area contributed by atoms with E-state index in [1.807, 2.05) is 6.92 Å². The molecule has 5 nitrogen and oxygen atoms in total. The van der Waals surface area contributed by atoms with Crippen LogP contribution < -0.4 is 0 Å². The van der Waals surface area contributed by atoms with Crippen molar-refractivity contribution >= 4 is 45.2 Å². The van der Waals surface area contributed by atoms with Gasteiger partial charge in [-0.05, 0) is 47.7 Å². The van der Waals surface area contributed by atoms with E-state index < -0.39 is 0 Å². The van der Waals surface area contributed by atoms with E-state index in [1.54, 1.807) is 0 Å². The summed E-state index contributed by atoms with van der Waals surface area (Å²) in [7, 11) is 0. The molecule has 0 fully saturated rings. The van der Waals surface area contributed by atoms with Gasteiger partial charge in [0.05, 0.1) is 11.0 Å². The van der Waals surface area contributed by atoms with Gasteiger partial charge in [-0.2, -0.15) is 4.98 Å². The van der Waals surface area contributed by atoms with E-state index in [-0.39, 0.29) is 0 Å². The number of halogens is 2. The molecule has 0 amide bonds. The van der Waals surface area contributed by atoms with Crippen molar-refractivity contribution in [3.05, 3.63) is 39.3 Å². The highest BCUT2D eigenvalue weighted by molar-refractivity contribution is 14.1. The molecule has 0 saturated carbocycles. The van der Waals surface area contributed by atoms with Crippen LogP contribution in [0.15, 0.2) is 22.7 Å². The van der Waals surface area contributed by atoms with Crippen LogP contribution in [0.5, 0.6) is 0 Å². The van der Waals surface area contributed by atoms with Crippen LogP contribution in [0.1, 0.15) is 17.5 Å². The van der Waals surface area contributed by atoms with Crippen LogP contribution >= 0.6 is 34.2 Å². The molecule has 0 aliphatic heterocycles. The molecule has 0 unspecified atom stereocenters. The monoisotopic (exact) mass is 416 g/mol. The molecule has 0 aliphatic carbocycles. The van der Waals surface area contributed by atoms with Crippen molar-refractivity contribution in [3.8, 4) is 0 Å². The van der Waals surface area contributed by atoms with Gasteiger partial charge < -0.3 is 9.09 Å². The van der Waals surface area contributed by atoms with Gasteiger partial charge >= 0.3 is 0 Å². The minimum atomic E-state index is 0.556. The van der Waals surface area contributed by atoms with Crippen molar-refractivity contribution in [1.29, 1.82) is 0 Å². The summed E-state index contributed by atoms with van der Waals surface area (Å²) in [6.45, 7) is 2.57. The number of imidazole rings is 1. The van der Waals surface area contributed by atoms with E-state index in [9.17, 15) is 0 Å². The molecular weight excluding hydrogens is 403 g/mol. The Kier molecular flexibility index (Phi) is 4.44. The van der Waals surface area contributed by atoms with Crippen molar-refractivity contribution in [1.82, 2.24) is 19.7 Å². The number of aromatic nitrogens is 4. The molecule has 0 N–H and O–H groups in total. The first kappa shape index (κ1) is 14.8. The van der Waals surface area contributed by atoms with Gasteiger partial charge in [0.25, 0.3) is 0 Å². The molecule has 2 aromatic heterocycles. The molecule has 0 aliphatic rings. The second-order valence-electron chi connectivity index (χ2n) is 4.74. The standard InChI is InChI=1S/C14H14ClIN4O/c1-9-17-14(21-19-9)5-7-20-12-3-2-10(16)8-11(12)18-13(20)4-6-15/h2-3,8H,4-7H2,1H3. The number of nitrogens with zero attached hydrogens (tertiary/aromatic N) is 4. The Hall–Kier alpha value is -1.15. The first-order valence-electron chi connectivity index (χ1n) is 6.67. The Labute approximate surface area is 140 Å². The van der Waals surface area contributed by atoms with Gasteiger partial charge in [-0.25, -0.2) is 4.98 Å². The van der Waals surface area contributed by atoms with Gasteiger partial charge in [0.1, 0.15) is 5.82 Å². The highest BCUT2D eigenvalue weighted by atomic mass is 127. The van der Waals surface area contributed by atoms with Crippen LogP contribution in [0.2, 0.25) is 0 Å². The number of fused-ring (bicyclic) bond motifs is 1. The van der Waals surface area contributed by atoms with E-state index in [2.05, 4.69) is 60.5 Å². The Balaban J connectivity index is 1.92. The number of rotatable bonds is 5. The minimum absolute atomic E-state index is 0.556. The molecule has 3 rings (SSSR count). The van der Waals surface area contributed by atoms with E-state index >= 15 is 0 Å². The summed E-state index contributed by atoms with van der Waals surface area (Å²) < 4.78 is 8.53. The average Bonchev–Trinajstić information content (AvgIpc) is 3.00. The first-order chi connectivity index (χ1) is 10.2. The van der Waals surface area contributed by atoms with Crippen LogP contribution in [0.3, 0.4) is 0 Å². The molecule has 0 bridgehead atoms. The lowest BCUT2D eigenvalue weighted by Crippen LogP contribution is -2.07. The summed E-state index contributed by atoms with van der Waals surface area (Å²) in [4.78, 5) is 8.93. The van der Waals surface area contributed by atoms with Crippen LogP contribution in [0, 0.1) is 10.5 Å². The van der Waals surface area contributed by atoms with Crippen molar-refractivity contribution in [2.45, 2.75) is 26.3 Å². The summed E-state index contributed by atoms with van der Waals surface area (Å²) in [5, 5.41) is 3.82. The largest absolute Gasteiger partial charge is 0.339 e. The molecule has 110 valence electrons. The van der Waals surface area contributed by atoms with Crippen molar-refractivity contribution in [3.63, 3.8) is 0 Å². The van der Waals surface area contributed by atoms with E-state index in [4.69, 9.17) is 16.1 Å². The zero-order valence-electron chi connectivity index (χ0n) is 11.5. The Morgan fingerprint density at radius 1 is 1.29 bits per heavy atom. The lowest BCUT2D eigenvalue weighted by Gasteiger charge is -2.06. The van der Waals surface area contributed by atoms with Crippen LogP contribution in [0.25, 0.3) is 11.0 Å². The second-order valence-corrected chi connectivity index (χ2v) is 6.36. The predicted molar refractivity (Wildman–Crippen MR) is 89.6 cm³/mol. The fourth-order valence-electron chi connectivity index (χ4n) is 2.33. The molecule has 0 spiro atoms. The van der Waals surface area contributed by atoms with Gasteiger partial charge in [0.2, 0.25) is 5.89 Å². The van der Waals surface area contributed by atoms with E-state index in [0.29, 0.717) is 24.0 Å². The van der Waals surface area contributed by atoms with Crippen molar-refractivity contribution in [2.24, 2.45) is 0 Å². The maximum atomic E-state index is 5.89. The molecular formula is C14H14ClIN4O. The van der Waals surface area contributed by atoms with Crippen LogP contribution in [-0.4, -0.2) is 25.6 Å². The van der Waals surface area contributed by atoms with Crippen molar-refractivity contribution in [2.75, 3.05) is 5.88 Å². The molecule has 0 atom stereocenters. The SMILES string of the molecule is Cc1noc(CCn2c(CCCl)nc3cc(I)ccc32)n1. The minimum Gasteiger partial charge on any atom is -0.339 e. The number of hydrogen-bond acceptors (Lipinski definition) is 4. The fourth-order valence-corrected chi connectivity index (χ4v) is 2.97. The summed E-state index contributed by atoms with van der Waals surface area (Å²) in [6, 6.07) is 6.27. The molecule has 3 aromatic rings. The molecule has 1 aromatic carbocycles. The third-order valence-corrected chi connectivity index (χ3v) is 4.09. The summed E-state index contributed by atoms with van der Waals surface area (Å²) in [5.41, 5.74) is 2.12. The second kappa shape index (κ2) is 6.31. The fraction of sp³-hybridized carbons (Fsp3) is 0.357. The Morgan fingerprint density at radius 2 is 2.14 bits per heavy atom. The highest BCUT2D eigenvalue weighted by Gasteiger charge is 2.12. The summed E-state index contributed by atoms with van der Waals surface area (Å²) in [6.07, 6.45) is 1.43. The van der Waals surface area contributed by atoms with Gasteiger partial charge in [0.15, 0.2) is 5.82 Å². The lowest BCUT2D eigenvalue weighted by molar-refractivity contribution is 0.368. The number of alkyl halides is 1. The third kappa shape index (κ3) is 3.21. The van der Waals surface area contributed by atoms with Crippen molar-refractivity contribution < 1.29 is 4.52 Å². The molecule has 2 heterocycles. The highest BCUT2D eigenvalue weighted by Crippen LogP contribution is 2.20. The van der Waals surface area contributed by atoms with Gasteiger partial charge in [-0.3, -0.25) is 0 Å². The average molecular weight is 417 g/mol. The molecule has 21 heavy (non-hydrogen) atoms. The topological polar surface area (TPSA) is 56.7 Å². The Morgan fingerprint density at radius 3 is 2.86 bits per heavy atom. The smallest absolute Gasteiger partial charge is 0.228 e. The molecule has 0 radical (unpaired) electrons. The summed E-state index contributed by atoms with van der Waals surface area (Å²) >= 11 is 8.19. The normalized spacial score (nSPS) is 11.4. The number of hydrogen-bond donors (Lipinski definition) is 0. The van der Waals surface area contributed by atoms with Crippen LogP contribution in [0.4, 0.5) is 0 Å². The maximum absolute atomic E-state index is 5.89. The quantitative estimate of drug-likeness (QED) is 0.473. The van der Waals surface area contributed by atoms with Crippen LogP contribution in [-0.2, 0) is 19.4 Å². The zero-order chi connectivity index (χ0) is 14.8. The van der Waals surface area contributed by atoms with Gasteiger partial charge in [-0.1, -0.05) is 5.16 Å². The number of benzene rings is 1. The molecule has 0 saturated heterocycles. The molecule has 7 heteroatoms. The van der Waals surface area contributed by atoms with E-state index in [0.717, 1.165) is 29.8 Å². The first-order valence-corrected chi connectivity index (χ1v) is 8.28. The third-order valence-electron chi connectivity index (χ3n) is 3.23. The summed E-state index contributed by atoms with van der Waals surface area (Å²) in [5.74, 6) is 2.87. The lowest BCUT2D eigenvalue weighted by atomic mass is 10.3. The maximum Gasteiger partial charge on any atom is 0.228 e. The zero-order valence-corrected chi connectivity index (χ0v) is 14.4. The number of aryl methyl sites for hydroxylation is 4. The van der Waals surface area contributed by atoms with Gasteiger partial charge in [-0.15, -0.1) is 11.6 Å². The Bertz CT molecular complexity index is 768. The predicted octanol–water partition coefficient (Wildman–Crippen LogP) is 3.36. The van der Waals surface area contributed by atoms with E-state index in [1.165, 1.54) is 3.57 Å². The van der Waals surface area contributed by atoms with Gasteiger partial charge in [0, 0.05) is 28.8 Å².